The van der Waals surface area contributed by atoms with Crippen molar-refractivity contribution in [1.82, 2.24) is 15.5 Å². The van der Waals surface area contributed by atoms with Gasteiger partial charge in [0.1, 0.15) is 0 Å². The normalized spacial score (nSPS) is 17.8. The largest absolute Gasteiger partial charge is 0.348 e. The maximum Gasteiger partial charge on any atom is 0.309 e. The fourth-order valence-electron chi connectivity index (χ4n) is 1.90. The van der Waals surface area contributed by atoms with E-state index in [0.29, 0.717) is 19.0 Å². The molecule has 0 spiro atoms. The Morgan fingerprint density at radius 3 is 2.35 bits per heavy atom. The summed E-state index contributed by atoms with van der Waals surface area (Å²) in [5.41, 5.74) is 0. The minimum atomic E-state index is -0.514. The third kappa shape index (κ3) is 5.17. The van der Waals surface area contributed by atoms with Gasteiger partial charge in [-0.1, -0.05) is 6.92 Å². The topological polar surface area (TPSA) is 61.4 Å². The first kappa shape index (κ1) is 14.0. The zero-order chi connectivity index (χ0) is 12.7. The van der Waals surface area contributed by atoms with E-state index >= 15 is 0 Å². The second-order valence-electron chi connectivity index (χ2n) is 4.71. The molecule has 1 rings (SSSR count). The summed E-state index contributed by atoms with van der Waals surface area (Å²) in [5.74, 6) is -0.508. The van der Waals surface area contributed by atoms with E-state index in [1.165, 1.54) is 0 Å². The first-order valence-electron chi connectivity index (χ1n) is 6.38. The highest BCUT2D eigenvalue weighted by Crippen LogP contribution is 2.14. The lowest BCUT2D eigenvalue weighted by atomic mass is 9.97. The van der Waals surface area contributed by atoms with Crippen LogP contribution in [-0.4, -0.2) is 49.9 Å². The second-order valence-corrected chi connectivity index (χ2v) is 4.71. The SMILES string of the molecule is CCCNC(=O)C(=O)NCC1CCN(C)CC1. The van der Waals surface area contributed by atoms with Gasteiger partial charge in [0, 0.05) is 13.1 Å². The van der Waals surface area contributed by atoms with E-state index in [-0.39, 0.29) is 0 Å². The van der Waals surface area contributed by atoms with Gasteiger partial charge in [0.25, 0.3) is 0 Å². The number of amides is 2. The van der Waals surface area contributed by atoms with Crippen molar-refractivity contribution in [2.24, 2.45) is 5.92 Å². The predicted molar refractivity (Wildman–Crippen MR) is 66.5 cm³/mol. The molecule has 5 heteroatoms. The first-order valence-corrected chi connectivity index (χ1v) is 6.38. The highest BCUT2D eigenvalue weighted by atomic mass is 16.2. The number of hydrogen-bond donors (Lipinski definition) is 2. The van der Waals surface area contributed by atoms with Crippen LogP contribution in [0, 0.1) is 5.92 Å². The van der Waals surface area contributed by atoms with Crippen molar-refractivity contribution < 1.29 is 9.59 Å². The van der Waals surface area contributed by atoms with Crippen LogP contribution in [0.2, 0.25) is 0 Å². The Morgan fingerprint density at radius 1 is 1.18 bits per heavy atom. The number of nitrogens with zero attached hydrogens (tertiary/aromatic N) is 1. The molecule has 5 nitrogen and oxygen atoms in total. The molecule has 0 bridgehead atoms. The fourth-order valence-corrected chi connectivity index (χ4v) is 1.90. The van der Waals surface area contributed by atoms with Crippen molar-refractivity contribution >= 4 is 11.8 Å². The Morgan fingerprint density at radius 2 is 1.76 bits per heavy atom. The van der Waals surface area contributed by atoms with Gasteiger partial charge in [0.2, 0.25) is 0 Å². The summed E-state index contributed by atoms with van der Waals surface area (Å²) >= 11 is 0. The molecule has 1 aliphatic heterocycles. The molecule has 1 aliphatic rings. The Bertz CT molecular complexity index is 260. The van der Waals surface area contributed by atoms with Crippen molar-refractivity contribution in [3.8, 4) is 0 Å². The zero-order valence-corrected chi connectivity index (χ0v) is 10.8. The number of hydrogen-bond acceptors (Lipinski definition) is 3. The minimum absolute atomic E-state index is 0.502. The van der Waals surface area contributed by atoms with Gasteiger partial charge < -0.3 is 15.5 Å². The summed E-state index contributed by atoms with van der Waals surface area (Å²) in [7, 11) is 2.10. The molecule has 0 aromatic rings. The van der Waals surface area contributed by atoms with E-state index in [9.17, 15) is 9.59 Å². The standard InChI is InChI=1S/C12H23N3O2/c1-3-6-13-11(16)12(17)14-9-10-4-7-15(2)8-5-10/h10H,3-9H2,1-2H3,(H,13,16)(H,14,17). The highest BCUT2D eigenvalue weighted by molar-refractivity contribution is 6.35. The number of carbonyl (C=O) groups excluding carboxylic acids is 2. The maximum atomic E-state index is 11.4. The Kier molecular flexibility index (Phi) is 5.97. The van der Waals surface area contributed by atoms with Gasteiger partial charge >= 0.3 is 11.8 Å². The van der Waals surface area contributed by atoms with Crippen molar-refractivity contribution in [1.29, 1.82) is 0 Å². The van der Waals surface area contributed by atoms with E-state index in [1.807, 2.05) is 6.92 Å². The quantitative estimate of drug-likeness (QED) is 0.680. The lowest BCUT2D eigenvalue weighted by Gasteiger charge is -2.28. The molecule has 0 unspecified atom stereocenters. The number of rotatable bonds is 4. The number of nitrogens with one attached hydrogen (secondary N) is 2. The first-order chi connectivity index (χ1) is 8.13. The van der Waals surface area contributed by atoms with Crippen molar-refractivity contribution in [2.45, 2.75) is 26.2 Å². The van der Waals surface area contributed by atoms with Crippen LogP contribution in [0.1, 0.15) is 26.2 Å². The summed E-state index contributed by atoms with van der Waals surface area (Å²) in [5, 5.41) is 5.27. The van der Waals surface area contributed by atoms with Gasteiger partial charge in [0.15, 0.2) is 0 Å². The number of piperidine rings is 1. The van der Waals surface area contributed by atoms with Crippen molar-refractivity contribution in [3.05, 3.63) is 0 Å². The Labute approximate surface area is 103 Å². The molecule has 1 saturated heterocycles. The van der Waals surface area contributed by atoms with Crippen molar-refractivity contribution in [3.63, 3.8) is 0 Å². The van der Waals surface area contributed by atoms with Gasteiger partial charge in [-0.3, -0.25) is 9.59 Å². The Balaban J connectivity index is 2.17. The maximum absolute atomic E-state index is 11.4. The molecule has 2 amide bonds. The van der Waals surface area contributed by atoms with Gasteiger partial charge in [0.05, 0.1) is 0 Å². The summed E-state index contributed by atoms with van der Waals surface area (Å²) < 4.78 is 0. The summed E-state index contributed by atoms with van der Waals surface area (Å²) in [4.78, 5) is 25.0. The van der Waals surface area contributed by atoms with Crippen LogP contribution in [0.5, 0.6) is 0 Å². The zero-order valence-electron chi connectivity index (χ0n) is 10.8. The lowest BCUT2D eigenvalue weighted by molar-refractivity contribution is -0.139. The number of likely N-dealkylation sites (tertiary alicyclic amines) is 1. The van der Waals surface area contributed by atoms with Crippen LogP contribution < -0.4 is 10.6 Å². The molecule has 2 N–H and O–H groups in total. The molecule has 0 atom stereocenters. The van der Waals surface area contributed by atoms with Crippen LogP contribution in [0.4, 0.5) is 0 Å². The van der Waals surface area contributed by atoms with Gasteiger partial charge in [-0.25, -0.2) is 0 Å². The fraction of sp³-hybridized carbons (Fsp3) is 0.833. The smallest absolute Gasteiger partial charge is 0.309 e. The molecule has 17 heavy (non-hydrogen) atoms. The van der Waals surface area contributed by atoms with Crippen LogP contribution in [-0.2, 0) is 9.59 Å². The predicted octanol–water partition coefficient (Wildman–Crippen LogP) is -0.0294. The Hall–Kier alpha value is -1.10. The highest BCUT2D eigenvalue weighted by Gasteiger charge is 2.19. The summed E-state index contributed by atoms with van der Waals surface area (Å²) in [6, 6.07) is 0. The molecular formula is C12H23N3O2. The van der Waals surface area contributed by atoms with Gasteiger partial charge in [-0.15, -0.1) is 0 Å². The number of carbonyl (C=O) groups is 2. The summed E-state index contributed by atoms with van der Waals surface area (Å²) in [6.45, 7) is 5.27. The molecule has 0 saturated carbocycles. The van der Waals surface area contributed by atoms with E-state index in [1.54, 1.807) is 0 Å². The van der Waals surface area contributed by atoms with Crippen molar-refractivity contribution in [2.75, 3.05) is 33.2 Å². The molecule has 0 aromatic carbocycles. The van der Waals surface area contributed by atoms with E-state index in [4.69, 9.17) is 0 Å². The monoisotopic (exact) mass is 241 g/mol. The molecule has 0 aliphatic carbocycles. The van der Waals surface area contributed by atoms with E-state index in [2.05, 4.69) is 22.6 Å². The van der Waals surface area contributed by atoms with Gasteiger partial charge in [-0.05, 0) is 45.3 Å². The van der Waals surface area contributed by atoms with Crippen LogP contribution in [0.25, 0.3) is 0 Å². The second kappa shape index (κ2) is 7.27. The van der Waals surface area contributed by atoms with Crippen LogP contribution in [0.15, 0.2) is 0 Å². The minimum Gasteiger partial charge on any atom is -0.348 e. The molecule has 0 radical (unpaired) electrons. The third-order valence-corrected chi connectivity index (χ3v) is 3.13. The molecule has 98 valence electrons. The lowest BCUT2D eigenvalue weighted by Crippen LogP contribution is -2.43. The molecule has 0 aromatic heterocycles. The van der Waals surface area contributed by atoms with E-state index in [0.717, 1.165) is 32.4 Å². The summed E-state index contributed by atoms with van der Waals surface area (Å²) in [6.07, 6.45) is 3.02. The van der Waals surface area contributed by atoms with Gasteiger partial charge in [-0.2, -0.15) is 0 Å². The van der Waals surface area contributed by atoms with Crippen LogP contribution >= 0.6 is 0 Å². The molecule has 1 heterocycles. The average Bonchev–Trinajstić information content (AvgIpc) is 2.34. The van der Waals surface area contributed by atoms with Crippen LogP contribution in [0.3, 0.4) is 0 Å². The average molecular weight is 241 g/mol. The molecule has 1 fully saturated rings. The van der Waals surface area contributed by atoms with E-state index < -0.39 is 11.8 Å². The third-order valence-electron chi connectivity index (χ3n) is 3.13. The molecular weight excluding hydrogens is 218 g/mol.